The third-order valence-electron chi connectivity index (χ3n) is 8.69. The molecule has 1 aliphatic rings. The Balaban J connectivity index is 1.25. The second-order valence-corrected chi connectivity index (χ2v) is 13.6. The number of halogens is 3. The molecule has 1 saturated heterocycles. The number of aromatic nitrogens is 1. The number of nitrogens with one attached hydrogen (secondary N) is 1. The van der Waals surface area contributed by atoms with Crippen molar-refractivity contribution in [2.45, 2.75) is 42.6 Å². The molecule has 5 aromatic rings. The van der Waals surface area contributed by atoms with Gasteiger partial charge in [-0.2, -0.15) is 13.2 Å². The van der Waals surface area contributed by atoms with Crippen LogP contribution in [0.2, 0.25) is 0 Å². The number of rotatable bonds is 10. The van der Waals surface area contributed by atoms with E-state index in [1.807, 2.05) is 42.5 Å². The molecular formula is C40H37F3N4O3S. The van der Waals surface area contributed by atoms with Crippen molar-refractivity contribution in [3.05, 3.63) is 137 Å². The van der Waals surface area contributed by atoms with Crippen molar-refractivity contribution in [3.63, 3.8) is 0 Å². The number of thioether (sulfide) groups is 1. The fourth-order valence-electron chi connectivity index (χ4n) is 6.06. The fourth-order valence-corrected chi connectivity index (χ4v) is 6.95. The molecule has 0 aliphatic carbocycles. The molecule has 1 fully saturated rings. The van der Waals surface area contributed by atoms with Crippen LogP contribution in [0.4, 0.5) is 24.5 Å². The molecule has 51 heavy (non-hydrogen) atoms. The highest BCUT2D eigenvalue weighted by atomic mass is 32.2. The lowest BCUT2D eigenvalue weighted by atomic mass is 10.0. The molecule has 0 atom stereocenters. The zero-order chi connectivity index (χ0) is 36.0. The summed E-state index contributed by atoms with van der Waals surface area (Å²) < 4.78 is 39.9. The number of hydrogen-bond donors (Lipinski definition) is 2. The Labute approximate surface area is 299 Å². The third kappa shape index (κ3) is 9.09. The van der Waals surface area contributed by atoms with Crippen LogP contribution >= 0.6 is 11.8 Å². The summed E-state index contributed by atoms with van der Waals surface area (Å²) in [6.07, 6.45) is 0.364. The number of nitrogens with zero attached hydrogens (tertiary/aromatic N) is 3. The van der Waals surface area contributed by atoms with Crippen LogP contribution in [0.15, 0.2) is 114 Å². The number of amides is 2. The van der Waals surface area contributed by atoms with Gasteiger partial charge in [0.1, 0.15) is 5.75 Å². The van der Waals surface area contributed by atoms with Crippen LogP contribution in [0.3, 0.4) is 0 Å². The first-order chi connectivity index (χ1) is 24.5. The SMILES string of the molecule is CN(Cc1cccc(C(F)(F)F)c1)C(=O)c1ccnc(-c2cc(N3CCCCC3)ccc2NC(=O)c2cccc(CSc3cccc(O)c3)c2)c1. The second kappa shape index (κ2) is 15.7. The Kier molecular flexibility index (Phi) is 11.0. The molecular weight excluding hydrogens is 674 g/mol. The number of aromatic hydroxyl groups is 1. The topological polar surface area (TPSA) is 85.8 Å². The van der Waals surface area contributed by atoms with Crippen LogP contribution in [0.1, 0.15) is 56.7 Å². The van der Waals surface area contributed by atoms with Crippen molar-refractivity contribution in [3.8, 4) is 17.0 Å². The van der Waals surface area contributed by atoms with Gasteiger partial charge in [-0.25, -0.2) is 0 Å². The molecule has 6 rings (SSSR count). The minimum absolute atomic E-state index is 0.0163. The van der Waals surface area contributed by atoms with E-state index >= 15 is 0 Å². The number of piperidine rings is 1. The lowest BCUT2D eigenvalue weighted by molar-refractivity contribution is -0.137. The van der Waals surface area contributed by atoms with E-state index in [1.165, 1.54) is 23.6 Å². The van der Waals surface area contributed by atoms with Gasteiger partial charge >= 0.3 is 6.18 Å². The number of carbonyl (C=O) groups is 2. The smallest absolute Gasteiger partial charge is 0.416 e. The summed E-state index contributed by atoms with van der Waals surface area (Å²) >= 11 is 1.55. The normalized spacial score (nSPS) is 13.1. The molecule has 0 saturated carbocycles. The van der Waals surface area contributed by atoms with Gasteiger partial charge in [-0.1, -0.05) is 30.3 Å². The van der Waals surface area contributed by atoms with Crippen LogP contribution in [-0.4, -0.2) is 46.9 Å². The van der Waals surface area contributed by atoms with Crippen LogP contribution in [0, 0.1) is 0 Å². The first-order valence-electron chi connectivity index (χ1n) is 16.6. The van der Waals surface area contributed by atoms with E-state index in [9.17, 15) is 27.9 Å². The van der Waals surface area contributed by atoms with Gasteiger partial charge in [-0.15, -0.1) is 11.8 Å². The highest BCUT2D eigenvalue weighted by molar-refractivity contribution is 7.98. The van der Waals surface area contributed by atoms with Gasteiger partial charge < -0.3 is 20.2 Å². The number of hydrogen-bond acceptors (Lipinski definition) is 6. The first kappa shape index (κ1) is 35.5. The standard InChI is InChI=1S/C40H37F3N4O3S/c1-46(25-27-8-6-11-31(21-27)40(41,42)43)39(50)30-16-17-44-37(22-30)35-23-32(47-18-3-2-4-19-47)14-15-36(35)45-38(49)29-10-5-9-28(20-29)26-51-34-13-7-12-33(48)24-34/h5-17,20-24,48H,2-4,18-19,25-26H2,1H3,(H,45,49). The van der Waals surface area contributed by atoms with Crippen molar-refractivity contribution in [2.24, 2.45) is 0 Å². The number of alkyl halides is 3. The molecule has 4 aromatic carbocycles. The average Bonchev–Trinajstić information content (AvgIpc) is 3.14. The number of carbonyl (C=O) groups excluding carboxylic acids is 2. The second-order valence-electron chi connectivity index (χ2n) is 12.5. The first-order valence-corrected chi connectivity index (χ1v) is 17.6. The van der Waals surface area contributed by atoms with E-state index in [0.717, 1.165) is 54.2 Å². The molecule has 11 heteroatoms. The number of benzene rings is 4. The maximum Gasteiger partial charge on any atom is 0.416 e. The monoisotopic (exact) mass is 710 g/mol. The van der Waals surface area contributed by atoms with Crippen LogP contribution in [0.5, 0.6) is 5.75 Å². The average molecular weight is 711 g/mol. The van der Waals surface area contributed by atoms with Crippen molar-refractivity contribution >= 4 is 35.0 Å². The van der Waals surface area contributed by atoms with Gasteiger partial charge in [0, 0.05) is 65.9 Å². The third-order valence-corrected chi connectivity index (χ3v) is 9.75. The highest BCUT2D eigenvalue weighted by Crippen LogP contribution is 2.34. The van der Waals surface area contributed by atoms with E-state index in [4.69, 9.17) is 0 Å². The Bertz CT molecular complexity index is 2030. The van der Waals surface area contributed by atoms with Gasteiger partial charge in [0.05, 0.1) is 16.9 Å². The van der Waals surface area contributed by atoms with E-state index in [-0.39, 0.29) is 24.1 Å². The van der Waals surface area contributed by atoms with Gasteiger partial charge in [-0.05, 0) is 103 Å². The van der Waals surface area contributed by atoms with E-state index in [2.05, 4.69) is 15.2 Å². The quantitative estimate of drug-likeness (QED) is 0.141. The highest BCUT2D eigenvalue weighted by Gasteiger charge is 2.30. The number of pyridine rings is 1. The Morgan fingerprint density at radius 3 is 2.41 bits per heavy atom. The van der Waals surface area contributed by atoms with Crippen LogP contribution in [0.25, 0.3) is 11.3 Å². The molecule has 0 spiro atoms. The number of phenolic OH excluding ortho intramolecular Hbond substituents is 1. The van der Waals surface area contributed by atoms with E-state index in [1.54, 1.807) is 61.3 Å². The lowest BCUT2D eigenvalue weighted by Gasteiger charge is -2.29. The summed E-state index contributed by atoms with van der Waals surface area (Å²) in [5.74, 6) is 0.114. The van der Waals surface area contributed by atoms with Crippen LogP contribution in [-0.2, 0) is 18.5 Å². The predicted molar refractivity (Wildman–Crippen MR) is 195 cm³/mol. The minimum Gasteiger partial charge on any atom is -0.508 e. The maximum atomic E-state index is 13.7. The molecule has 1 aliphatic heterocycles. The molecule has 7 nitrogen and oxygen atoms in total. The zero-order valence-electron chi connectivity index (χ0n) is 28.0. The van der Waals surface area contributed by atoms with Crippen molar-refractivity contribution in [2.75, 3.05) is 30.4 Å². The number of anilines is 2. The van der Waals surface area contributed by atoms with Crippen molar-refractivity contribution in [1.82, 2.24) is 9.88 Å². The minimum atomic E-state index is -4.48. The molecule has 2 amide bonds. The summed E-state index contributed by atoms with van der Waals surface area (Å²) in [6.45, 7) is 1.80. The summed E-state index contributed by atoms with van der Waals surface area (Å²) in [5.41, 5.74) is 3.93. The molecule has 2 N–H and O–H groups in total. The van der Waals surface area contributed by atoms with Crippen molar-refractivity contribution < 1.29 is 27.9 Å². The van der Waals surface area contributed by atoms with Crippen LogP contribution < -0.4 is 10.2 Å². The van der Waals surface area contributed by atoms with E-state index < -0.39 is 11.7 Å². The predicted octanol–water partition coefficient (Wildman–Crippen LogP) is 9.28. The van der Waals surface area contributed by atoms with Gasteiger partial charge in [0.15, 0.2) is 0 Å². The Hall–Kier alpha value is -5.29. The molecule has 2 heterocycles. The van der Waals surface area contributed by atoms with E-state index in [0.29, 0.717) is 39.4 Å². The van der Waals surface area contributed by atoms with Crippen molar-refractivity contribution in [1.29, 1.82) is 0 Å². The van der Waals surface area contributed by atoms with Gasteiger partial charge in [0.2, 0.25) is 0 Å². The number of phenols is 1. The maximum absolute atomic E-state index is 13.7. The molecule has 0 radical (unpaired) electrons. The molecule has 0 unspecified atom stereocenters. The zero-order valence-corrected chi connectivity index (χ0v) is 28.8. The molecule has 1 aromatic heterocycles. The van der Waals surface area contributed by atoms with Gasteiger partial charge in [0.25, 0.3) is 11.8 Å². The summed E-state index contributed by atoms with van der Waals surface area (Å²) in [7, 11) is 1.54. The largest absolute Gasteiger partial charge is 0.508 e. The van der Waals surface area contributed by atoms with Gasteiger partial charge in [-0.3, -0.25) is 14.6 Å². The summed E-state index contributed by atoms with van der Waals surface area (Å²) in [5, 5.41) is 12.9. The fraction of sp³-hybridized carbons (Fsp3) is 0.225. The summed E-state index contributed by atoms with van der Waals surface area (Å²) in [6, 6.07) is 28.4. The lowest BCUT2D eigenvalue weighted by Crippen LogP contribution is -2.29. The Morgan fingerprint density at radius 1 is 0.863 bits per heavy atom. The molecule has 262 valence electrons. The summed E-state index contributed by atoms with van der Waals surface area (Å²) in [4.78, 5) is 36.4. The molecule has 0 bridgehead atoms. The Morgan fingerprint density at radius 2 is 1.63 bits per heavy atom.